The minimum absolute atomic E-state index is 0.0672. The lowest BCUT2D eigenvalue weighted by Crippen LogP contribution is -2.20. The fraction of sp³-hybridized carbons (Fsp3) is 0.208. The quantitative estimate of drug-likeness (QED) is 0.218. The Bertz CT molecular complexity index is 1340. The average molecular weight is 401 g/mol. The third kappa shape index (κ3) is 3.25. The van der Waals surface area contributed by atoms with Gasteiger partial charge in [0.25, 0.3) is 5.56 Å². The number of rotatable bonds is 4. The zero-order valence-electron chi connectivity index (χ0n) is 16.1. The Balaban J connectivity index is 1.45. The minimum Gasteiger partial charge on any atom is -0.293 e. The second-order valence-electron chi connectivity index (χ2n) is 7.52. The van der Waals surface area contributed by atoms with Gasteiger partial charge < -0.3 is 0 Å². The van der Waals surface area contributed by atoms with Crippen molar-refractivity contribution >= 4 is 39.2 Å². The van der Waals surface area contributed by atoms with Crippen LogP contribution in [0.25, 0.3) is 21.7 Å². The molecule has 0 saturated carbocycles. The summed E-state index contributed by atoms with van der Waals surface area (Å²) in [6.45, 7) is 0. The maximum Gasteiger partial charge on any atom is 0.261 e. The predicted molar refractivity (Wildman–Crippen MR) is 118 cm³/mol. The molecule has 1 aliphatic carbocycles. The Kier molecular flexibility index (Phi) is 4.47. The lowest BCUT2D eigenvalue weighted by Gasteiger charge is -2.10. The SMILES string of the molecule is Cn1c(SCC(=O)c2ccc3c(c2)CCC3)nc2cc3ccccc3cc2c1=O. The van der Waals surface area contributed by atoms with Crippen molar-refractivity contribution in [1.82, 2.24) is 9.55 Å². The first kappa shape index (κ1) is 18.1. The molecule has 5 rings (SSSR count). The molecule has 0 unspecified atom stereocenters. The molecule has 0 aliphatic heterocycles. The number of carbonyl (C=O) groups excluding carboxylic acids is 1. The van der Waals surface area contributed by atoms with Crippen molar-refractivity contribution in [2.75, 3.05) is 5.75 Å². The third-order valence-corrected chi connectivity index (χ3v) is 6.68. The van der Waals surface area contributed by atoms with Crippen LogP contribution < -0.4 is 5.56 Å². The molecule has 3 aromatic carbocycles. The molecule has 0 saturated heterocycles. The number of ketones is 1. The van der Waals surface area contributed by atoms with E-state index in [0.29, 0.717) is 16.1 Å². The molecule has 0 amide bonds. The molecule has 5 heteroatoms. The lowest BCUT2D eigenvalue weighted by atomic mass is 10.0. The van der Waals surface area contributed by atoms with Crippen LogP contribution in [0, 0.1) is 0 Å². The van der Waals surface area contributed by atoms with Crippen LogP contribution in [0.3, 0.4) is 0 Å². The fourth-order valence-corrected chi connectivity index (χ4v) is 4.89. The predicted octanol–water partition coefficient (Wildman–Crippen LogP) is 4.55. The molecule has 4 aromatic rings. The van der Waals surface area contributed by atoms with E-state index in [4.69, 9.17) is 0 Å². The Morgan fingerprint density at radius 2 is 1.79 bits per heavy atom. The topological polar surface area (TPSA) is 52.0 Å². The molecule has 0 fully saturated rings. The minimum atomic E-state index is -0.0896. The van der Waals surface area contributed by atoms with Gasteiger partial charge in [0.05, 0.1) is 16.7 Å². The first-order valence-corrected chi connectivity index (χ1v) is 10.8. The summed E-state index contributed by atoms with van der Waals surface area (Å²) >= 11 is 1.32. The molecule has 29 heavy (non-hydrogen) atoms. The molecule has 4 nitrogen and oxygen atoms in total. The van der Waals surface area contributed by atoms with E-state index in [1.54, 1.807) is 7.05 Å². The van der Waals surface area contributed by atoms with Crippen LogP contribution in [0.4, 0.5) is 0 Å². The monoisotopic (exact) mass is 400 g/mol. The van der Waals surface area contributed by atoms with Crippen molar-refractivity contribution in [2.24, 2.45) is 7.05 Å². The highest BCUT2D eigenvalue weighted by Crippen LogP contribution is 2.25. The van der Waals surface area contributed by atoms with Crippen molar-refractivity contribution in [3.05, 3.63) is 81.6 Å². The van der Waals surface area contributed by atoms with Gasteiger partial charge in [-0.05, 0) is 59.4 Å². The summed E-state index contributed by atoms with van der Waals surface area (Å²) in [6, 6.07) is 17.8. The highest BCUT2D eigenvalue weighted by Gasteiger charge is 2.16. The first-order chi connectivity index (χ1) is 14.1. The van der Waals surface area contributed by atoms with Gasteiger partial charge in [-0.25, -0.2) is 4.98 Å². The second kappa shape index (κ2) is 7.16. The van der Waals surface area contributed by atoms with Crippen LogP contribution >= 0.6 is 11.8 Å². The van der Waals surface area contributed by atoms with Gasteiger partial charge in [0.2, 0.25) is 0 Å². The first-order valence-electron chi connectivity index (χ1n) is 9.77. The van der Waals surface area contributed by atoms with Gasteiger partial charge in [0.1, 0.15) is 0 Å². The Labute approximate surface area is 172 Å². The molecular formula is C24H20N2O2S. The summed E-state index contributed by atoms with van der Waals surface area (Å²) in [5.74, 6) is 0.329. The van der Waals surface area contributed by atoms with Crippen LogP contribution in [-0.4, -0.2) is 21.1 Å². The van der Waals surface area contributed by atoms with Gasteiger partial charge in [-0.3, -0.25) is 14.2 Å². The number of nitrogens with zero attached hydrogens (tertiary/aromatic N) is 2. The summed E-state index contributed by atoms with van der Waals surface area (Å²) in [4.78, 5) is 30.3. The van der Waals surface area contributed by atoms with E-state index in [-0.39, 0.29) is 17.1 Å². The molecule has 0 radical (unpaired) electrons. The molecule has 0 bridgehead atoms. The summed E-state index contributed by atoms with van der Waals surface area (Å²) in [7, 11) is 1.71. The van der Waals surface area contributed by atoms with Gasteiger partial charge in [-0.1, -0.05) is 48.2 Å². The molecule has 144 valence electrons. The average Bonchev–Trinajstić information content (AvgIpc) is 3.22. The Morgan fingerprint density at radius 1 is 1.03 bits per heavy atom. The van der Waals surface area contributed by atoms with E-state index in [9.17, 15) is 9.59 Å². The number of fused-ring (bicyclic) bond motifs is 3. The smallest absolute Gasteiger partial charge is 0.261 e. The van der Waals surface area contributed by atoms with Crippen LogP contribution in [-0.2, 0) is 19.9 Å². The van der Waals surface area contributed by atoms with E-state index in [0.717, 1.165) is 29.2 Å². The van der Waals surface area contributed by atoms with E-state index in [1.807, 2.05) is 48.5 Å². The number of hydrogen-bond donors (Lipinski definition) is 0. The van der Waals surface area contributed by atoms with E-state index in [2.05, 4.69) is 11.1 Å². The maximum absolute atomic E-state index is 12.9. The zero-order valence-corrected chi connectivity index (χ0v) is 17.0. The number of hydrogen-bond acceptors (Lipinski definition) is 4. The van der Waals surface area contributed by atoms with Crippen LogP contribution in [0.15, 0.2) is 64.5 Å². The molecule has 0 spiro atoms. The van der Waals surface area contributed by atoms with Crippen LogP contribution in [0.5, 0.6) is 0 Å². The van der Waals surface area contributed by atoms with Crippen molar-refractivity contribution in [3.8, 4) is 0 Å². The molecule has 0 N–H and O–H groups in total. The molecule has 1 aromatic heterocycles. The normalized spacial score (nSPS) is 13.1. The number of Topliss-reactive ketones (excluding diaryl/α,β-unsaturated/α-hetero) is 1. The number of aryl methyl sites for hydroxylation is 2. The third-order valence-electron chi connectivity index (χ3n) is 5.65. The van der Waals surface area contributed by atoms with Gasteiger partial charge in [-0.15, -0.1) is 0 Å². The summed E-state index contributed by atoms with van der Waals surface area (Å²) in [5, 5.41) is 3.23. The van der Waals surface area contributed by atoms with Crippen molar-refractivity contribution in [3.63, 3.8) is 0 Å². The van der Waals surface area contributed by atoms with Crippen LogP contribution in [0.1, 0.15) is 27.9 Å². The second-order valence-corrected chi connectivity index (χ2v) is 8.47. The lowest BCUT2D eigenvalue weighted by molar-refractivity contribution is 0.102. The number of aromatic nitrogens is 2. The number of thioether (sulfide) groups is 1. The van der Waals surface area contributed by atoms with Crippen molar-refractivity contribution in [2.45, 2.75) is 24.4 Å². The summed E-state index contributed by atoms with van der Waals surface area (Å²) < 4.78 is 1.54. The van der Waals surface area contributed by atoms with Gasteiger partial charge in [-0.2, -0.15) is 0 Å². The number of benzene rings is 3. The van der Waals surface area contributed by atoms with E-state index >= 15 is 0 Å². The van der Waals surface area contributed by atoms with Gasteiger partial charge in [0, 0.05) is 12.6 Å². The largest absolute Gasteiger partial charge is 0.293 e. The standard InChI is InChI=1S/C24H20N2O2S/c1-26-23(28)20-12-17-5-2-3-6-18(17)13-21(20)25-24(26)29-14-22(27)19-10-9-15-7-4-8-16(15)11-19/h2-3,5-6,9-13H,4,7-8,14H2,1H3. The Morgan fingerprint density at radius 3 is 2.62 bits per heavy atom. The molecule has 1 heterocycles. The fourth-order valence-electron chi connectivity index (χ4n) is 4.03. The zero-order chi connectivity index (χ0) is 20.0. The van der Waals surface area contributed by atoms with Crippen molar-refractivity contribution < 1.29 is 4.79 Å². The van der Waals surface area contributed by atoms with Crippen molar-refractivity contribution in [1.29, 1.82) is 0 Å². The van der Waals surface area contributed by atoms with E-state index in [1.165, 1.54) is 33.9 Å². The van der Waals surface area contributed by atoms with Gasteiger partial charge in [0.15, 0.2) is 10.9 Å². The molecule has 0 atom stereocenters. The van der Waals surface area contributed by atoms with Crippen LogP contribution in [0.2, 0.25) is 0 Å². The molecular weight excluding hydrogens is 380 g/mol. The molecule has 1 aliphatic rings. The Hall–Kier alpha value is -2.92. The highest BCUT2D eigenvalue weighted by molar-refractivity contribution is 7.99. The maximum atomic E-state index is 12.9. The summed E-state index contributed by atoms with van der Waals surface area (Å²) in [5.41, 5.74) is 3.98. The number of carbonyl (C=O) groups is 1. The van der Waals surface area contributed by atoms with Gasteiger partial charge >= 0.3 is 0 Å². The van der Waals surface area contributed by atoms with E-state index < -0.39 is 0 Å². The summed E-state index contributed by atoms with van der Waals surface area (Å²) in [6.07, 6.45) is 3.33. The highest BCUT2D eigenvalue weighted by atomic mass is 32.2.